The van der Waals surface area contributed by atoms with E-state index in [1.807, 2.05) is 36.4 Å². The number of anilines is 1. The van der Waals surface area contributed by atoms with Gasteiger partial charge in [0.25, 0.3) is 0 Å². The molecular formula is C13H11N3OS. The Labute approximate surface area is 108 Å². The third-order valence-electron chi connectivity index (χ3n) is 2.49. The van der Waals surface area contributed by atoms with E-state index < -0.39 is 0 Å². The summed E-state index contributed by atoms with van der Waals surface area (Å²) in [5.41, 5.74) is 7.47. The minimum atomic E-state index is 0.459. The van der Waals surface area contributed by atoms with Gasteiger partial charge in [0.1, 0.15) is 12.4 Å². The summed E-state index contributed by atoms with van der Waals surface area (Å²) in [5.74, 6) is 0.803. The highest BCUT2D eigenvalue weighted by atomic mass is 32.1. The van der Waals surface area contributed by atoms with E-state index in [9.17, 15) is 0 Å². The van der Waals surface area contributed by atoms with Crippen molar-refractivity contribution in [3.05, 3.63) is 48.3 Å². The van der Waals surface area contributed by atoms with Crippen LogP contribution in [0.2, 0.25) is 0 Å². The number of nitrogen functional groups attached to an aromatic ring is 1. The number of hydrogen-bond acceptors (Lipinski definition) is 5. The first-order valence-electron chi connectivity index (χ1n) is 5.50. The van der Waals surface area contributed by atoms with Crippen molar-refractivity contribution < 1.29 is 4.74 Å². The number of hydrogen-bond donors (Lipinski definition) is 1. The second-order valence-electron chi connectivity index (χ2n) is 3.79. The summed E-state index contributed by atoms with van der Waals surface area (Å²) in [4.78, 5) is 8.41. The molecule has 0 amide bonds. The molecule has 1 aromatic carbocycles. The Kier molecular flexibility index (Phi) is 2.82. The molecule has 3 aromatic rings. The smallest absolute Gasteiger partial charge is 0.181 e. The fourth-order valence-corrected chi connectivity index (χ4v) is 2.42. The van der Waals surface area contributed by atoms with Gasteiger partial charge < -0.3 is 10.5 Å². The summed E-state index contributed by atoms with van der Waals surface area (Å²) < 4.78 is 6.72. The highest BCUT2D eigenvalue weighted by Crippen LogP contribution is 2.27. The molecule has 18 heavy (non-hydrogen) atoms. The van der Waals surface area contributed by atoms with Gasteiger partial charge in [-0.3, -0.25) is 4.98 Å². The van der Waals surface area contributed by atoms with Crippen LogP contribution in [0.3, 0.4) is 0 Å². The standard InChI is InChI=1S/C13H11N3OS/c14-13-16-11-5-4-10(7-12(11)18-13)17-8-9-3-1-2-6-15-9/h1-7H,8H2,(H2,14,16). The van der Waals surface area contributed by atoms with E-state index in [-0.39, 0.29) is 0 Å². The number of ether oxygens (including phenoxy) is 1. The van der Waals surface area contributed by atoms with Crippen LogP contribution in [0.5, 0.6) is 5.75 Å². The maximum absolute atomic E-state index is 5.68. The first kappa shape index (κ1) is 11.0. The van der Waals surface area contributed by atoms with Crippen LogP contribution in [0.1, 0.15) is 5.69 Å². The monoisotopic (exact) mass is 257 g/mol. The van der Waals surface area contributed by atoms with E-state index in [1.165, 1.54) is 11.3 Å². The van der Waals surface area contributed by atoms with Crippen molar-refractivity contribution in [3.63, 3.8) is 0 Å². The summed E-state index contributed by atoms with van der Waals surface area (Å²) in [6, 6.07) is 11.5. The molecule has 0 spiro atoms. The highest BCUT2D eigenvalue weighted by Gasteiger charge is 2.03. The molecule has 0 saturated heterocycles. The van der Waals surface area contributed by atoms with Crippen LogP contribution in [0, 0.1) is 0 Å². The largest absolute Gasteiger partial charge is 0.487 e. The van der Waals surface area contributed by atoms with Crippen molar-refractivity contribution in [3.8, 4) is 5.75 Å². The predicted octanol–water partition coefficient (Wildman–Crippen LogP) is 2.85. The minimum Gasteiger partial charge on any atom is -0.487 e. The van der Waals surface area contributed by atoms with Crippen LogP contribution in [0.4, 0.5) is 5.13 Å². The second kappa shape index (κ2) is 4.62. The maximum atomic E-state index is 5.68. The lowest BCUT2D eigenvalue weighted by Gasteiger charge is -2.05. The lowest BCUT2D eigenvalue weighted by molar-refractivity contribution is 0.302. The van der Waals surface area contributed by atoms with Crippen LogP contribution in [-0.2, 0) is 6.61 Å². The minimum absolute atomic E-state index is 0.459. The number of fused-ring (bicyclic) bond motifs is 1. The Hall–Kier alpha value is -2.14. The van der Waals surface area contributed by atoms with Crippen molar-refractivity contribution in [2.45, 2.75) is 6.61 Å². The average molecular weight is 257 g/mol. The molecule has 2 N–H and O–H groups in total. The van der Waals surface area contributed by atoms with Gasteiger partial charge in [-0.05, 0) is 30.3 Å². The quantitative estimate of drug-likeness (QED) is 0.783. The predicted molar refractivity (Wildman–Crippen MR) is 72.6 cm³/mol. The van der Waals surface area contributed by atoms with E-state index in [2.05, 4.69) is 9.97 Å². The Balaban J connectivity index is 1.78. The molecule has 4 nitrogen and oxygen atoms in total. The summed E-state index contributed by atoms with van der Waals surface area (Å²) in [7, 11) is 0. The van der Waals surface area contributed by atoms with Gasteiger partial charge in [0, 0.05) is 6.20 Å². The van der Waals surface area contributed by atoms with Crippen molar-refractivity contribution in [2.24, 2.45) is 0 Å². The molecule has 2 heterocycles. The maximum Gasteiger partial charge on any atom is 0.181 e. The molecule has 0 aliphatic heterocycles. The Morgan fingerprint density at radius 2 is 2.17 bits per heavy atom. The zero-order valence-electron chi connectivity index (χ0n) is 9.54. The van der Waals surface area contributed by atoms with Gasteiger partial charge in [-0.2, -0.15) is 0 Å². The van der Waals surface area contributed by atoms with Gasteiger partial charge in [0.2, 0.25) is 0 Å². The Bertz CT molecular complexity index is 666. The first-order valence-corrected chi connectivity index (χ1v) is 6.32. The van der Waals surface area contributed by atoms with Crippen LogP contribution in [-0.4, -0.2) is 9.97 Å². The molecule has 0 fully saturated rings. The lowest BCUT2D eigenvalue weighted by Crippen LogP contribution is -1.97. The van der Waals surface area contributed by atoms with Gasteiger partial charge in [-0.15, -0.1) is 0 Å². The van der Waals surface area contributed by atoms with E-state index >= 15 is 0 Å². The van der Waals surface area contributed by atoms with Gasteiger partial charge >= 0.3 is 0 Å². The van der Waals surface area contributed by atoms with Crippen LogP contribution >= 0.6 is 11.3 Å². The topological polar surface area (TPSA) is 61.0 Å². The van der Waals surface area contributed by atoms with E-state index in [1.54, 1.807) is 6.20 Å². The van der Waals surface area contributed by atoms with Crippen LogP contribution < -0.4 is 10.5 Å². The molecule has 3 rings (SSSR count). The van der Waals surface area contributed by atoms with Crippen molar-refractivity contribution in [1.82, 2.24) is 9.97 Å². The van der Waals surface area contributed by atoms with Gasteiger partial charge in [-0.25, -0.2) is 4.98 Å². The molecule has 0 radical (unpaired) electrons. The zero-order valence-corrected chi connectivity index (χ0v) is 10.4. The third kappa shape index (κ3) is 2.26. The molecule has 0 saturated carbocycles. The SMILES string of the molecule is Nc1nc2ccc(OCc3ccccn3)cc2s1. The molecule has 0 aliphatic carbocycles. The number of nitrogens with two attached hydrogens (primary N) is 1. The molecular weight excluding hydrogens is 246 g/mol. The molecule has 90 valence electrons. The Morgan fingerprint density at radius 3 is 3.00 bits per heavy atom. The number of pyridine rings is 1. The van der Waals surface area contributed by atoms with Gasteiger partial charge in [-0.1, -0.05) is 17.4 Å². The average Bonchev–Trinajstić information content (AvgIpc) is 2.77. The van der Waals surface area contributed by atoms with Crippen molar-refractivity contribution >= 4 is 26.7 Å². The molecule has 5 heteroatoms. The number of aromatic nitrogens is 2. The van der Waals surface area contributed by atoms with E-state index in [0.717, 1.165) is 21.7 Å². The number of rotatable bonds is 3. The lowest BCUT2D eigenvalue weighted by atomic mass is 10.3. The van der Waals surface area contributed by atoms with Gasteiger partial charge in [0.15, 0.2) is 5.13 Å². The summed E-state index contributed by atoms with van der Waals surface area (Å²) >= 11 is 1.46. The van der Waals surface area contributed by atoms with Crippen molar-refractivity contribution in [2.75, 3.05) is 5.73 Å². The van der Waals surface area contributed by atoms with E-state index in [4.69, 9.17) is 10.5 Å². The summed E-state index contributed by atoms with van der Waals surface area (Å²) in [6.07, 6.45) is 1.76. The number of thiazole rings is 1. The van der Waals surface area contributed by atoms with Crippen molar-refractivity contribution in [1.29, 1.82) is 0 Å². The summed E-state index contributed by atoms with van der Waals surface area (Å²) in [5, 5.41) is 0.576. The van der Waals surface area contributed by atoms with E-state index in [0.29, 0.717) is 11.7 Å². The normalized spacial score (nSPS) is 10.7. The molecule has 0 aliphatic rings. The fraction of sp³-hybridized carbons (Fsp3) is 0.0769. The second-order valence-corrected chi connectivity index (χ2v) is 4.85. The molecule has 0 unspecified atom stereocenters. The first-order chi connectivity index (χ1) is 8.81. The highest BCUT2D eigenvalue weighted by molar-refractivity contribution is 7.22. The van der Waals surface area contributed by atoms with Gasteiger partial charge in [0.05, 0.1) is 15.9 Å². The van der Waals surface area contributed by atoms with Crippen LogP contribution in [0.15, 0.2) is 42.6 Å². The van der Waals surface area contributed by atoms with Crippen LogP contribution in [0.25, 0.3) is 10.2 Å². The molecule has 2 aromatic heterocycles. The molecule has 0 bridgehead atoms. The Morgan fingerprint density at radius 1 is 1.22 bits per heavy atom. The third-order valence-corrected chi connectivity index (χ3v) is 3.34. The number of nitrogens with zero attached hydrogens (tertiary/aromatic N) is 2. The summed E-state index contributed by atoms with van der Waals surface area (Å²) in [6.45, 7) is 0.459. The molecule has 0 atom stereocenters. The number of benzene rings is 1. The fourth-order valence-electron chi connectivity index (χ4n) is 1.65. The zero-order chi connectivity index (χ0) is 12.4.